The number of benzene rings is 1. The van der Waals surface area contributed by atoms with Crippen LogP contribution < -0.4 is 10.6 Å². The molecule has 0 heterocycles. The molecule has 1 aromatic rings. The van der Waals surface area contributed by atoms with E-state index in [2.05, 4.69) is 15.6 Å². The predicted molar refractivity (Wildman–Crippen MR) is 87.4 cm³/mol. The molecule has 0 aliphatic heterocycles. The topological polar surface area (TPSA) is 56.7 Å². The molecule has 0 bridgehead atoms. The number of hydrogen-bond donors (Lipinski definition) is 3. The molecule has 0 spiro atoms. The van der Waals surface area contributed by atoms with E-state index in [0.29, 0.717) is 24.6 Å². The van der Waals surface area contributed by atoms with Crippen molar-refractivity contribution >= 4 is 5.96 Å². The Bertz CT molecular complexity index is 525. The molecular formula is C17H26FN3O. The summed E-state index contributed by atoms with van der Waals surface area (Å²) in [6, 6.07) is 5.04. The molecule has 122 valence electrons. The fourth-order valence-electron chi connectivity index (χ4n) is 2.78. The summed E-state index contributed by atoms with van der Waals surface area (Å²) in [7, 11) is 0. The van der Waals surface area contributed by atoms with Gasteiger partial charge >= 0.3 is 0 Å². The van der Waals surface area contributed by atoms with E-state index in [9.17, 15) is 9.50 Å². The Morgan fingerprint density at radius 2 is 2.05 bits per heavy atom. The van der Waals surface area contributed by atoms with Gasteiger partial charge in [0.05, 0.1) is 12.1 Å². The molecule has 1 fully saturated rings. The number of aliphatic hydroxyl groups is 1. The average molecular weight is 307 g/mol. The number of halogens is 1. The SMILES string of the molecule is CCNC(=NCc1ccc(F)c(C)c1)NCC1(O)CCCC1. The Morgan fingerprint density at radius 3 is 2.68 bits per heavy atom. The van der Waals surface area contributed by atoms with Crippen molar-refractivity contribution in [3.63, 3.8) is 0 Å². The average Bonchev–Trinajstić information content (AvgIpc) is 2.93. The molecule has 1 aromatic carbocycles. The van der Waals surface area contributed by atoms with E-state index in [0.717, 1.165) is 37.8 Å². The highest BCUT2D eigenvalue weighted by Gasteiger charge is 2.30. The molecule has 0 atom stereocenters. The van der Waals surface area contributed by atoms with Crippen LogP contribution in [0.1, 0.15) is 43.7 Å². The molecule has 0 amide bonds. The first-order valence-corrected chi connectivity index (χ1v) is 8.02. The van der Waals surface area contributed by atoms with Crippen LogP contribution in [0.5, 0.6) is 0 Å². The molecule has 22 heavy (non-hydrogen) atoms. The quantitative estimate of drug-likeness (QED) is 0.579. The maximum Gasteiger partial charge on any atom is 0.191 e. The molecule has 0 saturated heterocycles. The molecule has 0 radical (unpaired) electrons. The Labute approximate surface area is 131 Å². The van der Waals surface area contributed by atoms with Crippen molar-refractivity contribution in [2.75, 3.05) is 13.1 Å². The number of aryl methyl sites for hydroxylation is 1. The molecular weight excluding hydrogens is 281 g/mol. The molecule has 1 aliphatic carbocycles. The summed E-state index contributed by atoms with van der Waals surface area (Å²) >= 11 is 0. The van der Waals surface area contributed by atoms with Gasteiger partial charge in [0, 0.05) is 13.1 Å². The van der Waals surface area contributed by atoms with Gasteiger partial charge in [-0.05, 0) is 43.9 Å². The zero-order valence-corrected chi connectivity index (χ0v) is 13.5. The van der Waals surface area contributed by atoms with Gasteiger partial charge in [-0.2, -0.15) is 0 Å². The van der Waals surface area contributed by atoms with Gasteiger partial charge in [-0.25, -0.2) is 9.38 Å². The first-order chi connectivity index (χ1) is 10.5. The molecule has 1 saturated carbocycles. The number of aliphatic imine (C=N–C) groups is 1. The molecule has 0 aromatic heterocycles. The zero-order valence-electron chi connectivity index (χ0n) is 13.5. The first kappa shape index (κ1) is 16.7. The van der Waals surface area contributed by atoms with Crippen LogP contribution in [-0.4, -0.2) is 29.8 Å². The van der Waals surface area contributed by atoms with Gasteiger partial charge in [-0.1, -0.05) is 25.0 Å². The van der Waals surface area contributed by atoms with Gasteiger partial charge in [0.2, 0.25) is 0 Å². The lowest BCUT2D eigenvalue weighted by molar-refractivity contribution is 0.0522. The maximum absolute atomic E-state index is 13.3. The van der Waals surface area contributed by atoms with Crippen molar-refractivity contribution in [3.05, 3.63) is 35.1 Å². The van der Waals surface area contributed by atoms with E-state index in [1.54, 1.807) is 13.0 Å². The number of rotatable bonds is 5. The fourth-order valence-corrected chi connectivity index (χ4v) is 2.78. The minimum Gasteiger partial charge on any atom is -0.388 e. The minimum atomic E-state index is -0.608. The van der Waals surface area contributed by atoms with E-state index >= 15 is 0 Å². The smallest absolute Gasteiger partial charge is 0.191 e. The monoisotopic (exact) mass is 307 g/mol. The summed E-state index contributed by atoms with van der Waals surface area (Å²) < 4.78 is 13.3. The molecule has 5 heteroatoms. The Kier molecular flexibility index (Phi) is 5.77. The highest BCUT2D eigenvalue weighted by atomic mass is 19.1. The van der Waals surface area contributed by atoms with Crippen LogP contribution in [0.15, 0.2) is 23.2 Å². The van der Waals surface area contributed by atoms with E-state index in [4.69, 9.17) is 0 Å². The van der Waals surface area contributed by atoms with Crippen LogP contribution in [0.2, 0.25) is 0 Å². The minimum absolute atomic E-state index is 0.193. The normalized spacial score (nSPS) is 17.5. The van der Waals surface area contributed by atoms with E-state index in [1.807, 2.05) is 13.0 Å². The van der Waals surface area contributed by atoms with Gasteiger partial charge in [-0.15, -0.1) is 0 Å². The maximum atomic E-state index is 13.3. The Hall–Kier alpha value is -1.62. The van der Waals surface area contributed by atoms with Gasteiger partial charge in [-0.3, -0.25) is 0 Å². The van der Waals surface area contributed by atoms with Gasteiger partial charge < -0.3 is 15.7 Å². The third kappa shape index (κ3) is 4.70. The summed E-state index contributed by atoms with van der Waals surface area (Å²) in [6.45, 7) is 5.51. The van der Waals surface area contributed by atoms with Gasteiger partial charge in [0.15, 0.2) is 5.96 Å². The highest BCUT2D eigenvalue weighted by molar-refractivity contribution is 5.79. The summed E-state index contributed by atoms with van der Waals surface area (Å²) in [6.07, 6.45) is 3.86. The second-order valence-electron chi connectivity index (χ2n) is 6.06. The Balaban J connectivity index is 1.95. The number of nitrogens with one attached hydrogen (secondary N) is 2. The molecule has 3 N–H and O–H groups in total. The molecule has 1 aliphatic rings. The summed E-state index contributed by atoms with van der Waals surface area (Å²) in [5.74, 6) is 0.492. The third-order valence-electron chi connectivity index (χ3n) is 4.11. The number of nitrogens with zero attached hydrogens (tertiary/aromatic N) is 1. The van der Waals surface area contributed by atoms with Crippen molar-refractivity contribution in [2.24, 2.45) is 4.99 Å². The molecule has 2 rings (SSSR count). The second-order valence-corrected chi connectivity index (χ2v) is 6.06. The predicted octanol–water partition coefficient (Wildman–Crippen LogP) is 2.49. The van der Waals surface area contributed by atoms with Crippen molar-refractivity contribution in [3.8, 4) is 0 Å². The largest absolute Gasteiger partial charge is 0.388 e. The van der Waals surface area contributed by atoms with Crippen LogP contribution in [0.3, 0.4) is 0 Å². The van der Waals surface area contributed by atoms with Crippen LogP contribution in [0, 0.1) is 12.7 Å². The third-order valence-corrected chi connectivity index (χ3v) is 4.11. The second kappa shape index (κ2) is 7.58. The molecule has 0 unspecified atom stereocenters. The van der Waals surface area contributed by atoms with Gasteiger partial charge in [0.1, 0.15) is 5.82 Å². The summed E-state index contributed by atoms with van der Waals surface area (Å²) in [4.78, 5) is 4.51. The van der Waals surface area contributed by atoms with Crippen LogP contribution in [-0.2, 0) is 6.54 Å². The zero-order chi connectivity index (χ0) is 16.0. The first-order valence-electron chi connectivity index (χ1n) is 8.02. The lowest BCUT2D eigenvalue weighted by Gasteiger charge is -2.23. The summed E-state index contributed by atoms with van der Waals surface area (Å²) in [5.41, 5.74) is 0.990. The van der Waals surface area contributed by atoms with Crippen LogP contribution in [0.25, 0.3) is 0 Å². The van der Waals surface area contributed by atoms with E-state index < -0.39 is 5.60 Å². The standard InChI is InChI=1S/C17H26FN3O/c1-3-19-16(21-12-17(22)8-4-5-9-17)20-11-14-6-7-15(18)13(2)10-14/h6-7,10,22H,3-5,8-9,11-12H2,1-2H3,(H2,19,20,21). The highest BCUT2D eigenvalue weighted by Crippen LogP contribution is 2.28. The van der Waals surface area contributed by atoms with Crippen molar-refractivity contribution in [1.29, 1.82) is 0 Å². The van der Waals surface area contributed by atoms with Crippen molar-refractivity contribution in [2.45, 2.75) is 51.7 Å². The summed E-state index contributed by atoms with van der Waals surface area (Å²) in [5, 5.41) is 16.8. The lowest BCUT2D eigenvalue weighted by Crippen LogP contribution is -2.46. The van der Waals surface area contributed by atoms with Crippen molar-refractivity contribution in [1.82, 2.24) is 10.6 Å². The Morgan fingerprint density at radius 1 is 1.32 bits per heavy atom. The van der Waals surface area contributed by atoms with E-state index in [-0.39, 0.29) is 5.82 Å². The fraction of sp³-hybridized carbons (Fsp3) is 0.588. The van der Waals surface area contributed by atoms with E-state index in [1.165, 1.54) is 6.07 Å². The molecule has 4 nitrogen and oxygen atoms in total. The number of guanidine groups is 1. The van der Waals surface area contributed by atoms with Gasteiger partial charge in [0.25, 0.3) is 0 Å². The number of hydrogen-bond acceptors (Lipinski definition) is 2. The van der Waals surface area contributed by atoms with Crippen molar-refractivity contribution < 1.29 is 9.50 Å². The van der Waals surface area contributed by atoms with Crippen LogP contribution in [0.4, 0.5) is 4.39 Å². The van der Waals surface area contributed by atoms with Crippen LogP contribution >= 0.6 is 0 Å². The lowest BCUT2D eigenvalue weighted by atomic mass is 10.0.